The molecule has 2 nitrogen and oxygen atoms in total. The van der Waals surface area contributed by atoms with Crippen LogP contribution >= 0.6 is 0 Å². The third-order valence-corrected chi connectivity index (χ3v) is 3.14. The van der Waals surface area contributed by atoms with Crippen molar-refractivity contribution in [3.63, 3.8) is 0 Å². The van der Waals surface area contributed by atoms with Crippen LogP contribution in [0.15, 0.2) is 0 Å². The molecule has 2 saturated heterocycles. The SMILES string of the molecule is C1CCC2(CCNC1)CNC2. The molecule has 2 rings (SSSR count). The summed E-state index contributed by atoms with van der Waals surface area (Å²) in [5.74, 6) is 0. The van der Waals surface area contributed by atoms with Crippen molar-refractivity contribution in [2.24, 2.45) is 5.41 Å². The lowest BCUT2D eigenvalue weighted by molar-refractivity contribution is 0.127. The largest absolute Gasteiger partial charge is 0.317 e. The lowest BCUT2D eigenvalue weighted by Gasteiger charge is -2.44. The van der Waals surface area contributed by atoms with E-state index in [1.165, 1.54) is 51.9 Å². The van der Waals surface area contributed by atoms with Crippen molar-refractivity contribution in [1.82, 2.24) is 10.6 Å². The third kappa shape index (κ3) is 1.57. The van der Waals surface area contributed by atoms with Crippen molar-refractivity contribution < 1.29 is 0 Å². The fourth-order valence-corrected chi connectivity index (χ4v) is 2.19. The second kappa shape index (κ2) is 3.11. The monoisotopic (exact) mass is 154 g/mol. The molecule has 2 heteroatoms. The zero-order chi connectivity index (χ0) is 7.57. The Labute approximate surface area is 68.7 Å². The summed E-state index contributed by atoms with van der Waals surface area (Å²) in [5.41, 5.74) is 0.702. The Balaban J connectivity index is 1.86. The number of hydrogen-bond acceptors (Lipinski definition) is 2. The van der Waals surface area contributed by atoms with Crippen molar-refractivity contribution in [2.75, 3.05) is 26.2 Å². The first kappa shape index (κ1) is 7.56. The van der Waals surface area contributed by atoms with Crippen LogP contribution in [0.25, 0.3) is 0 Å². The van der Waals surface area contributed by atoms with Crippen LogP contribution in [0, 0.1) is 5.41 Å². The van der Waals surface area contributed by atoms with E-state index in [0.717, 1.165) is 0 Å². The van der Waals surface area contributed by atoms with Crippen LogP contribution in [-0.4, -0.2) is 26.2 Å². The van der Waals surface area contributed by atoms with Crippen molar-refractivity contribution in [1.29, 1.82) is 0 Å². The molecule has 2 aliphatic rings. The molecule has 0 atom stereocenters. The van der Waals surface area contributed by atoms with Crippen molar-refractivity contribution >= 4 is 0 Å². The Morgan fingerprint density at radius 1 is 0.818 bits per heavy atom. The Morgan fingerprint density at radius 3 is 2.45 bits per heavy atom. The molecule has 2 fully saturated rings. The molecular weight excluding hydrogens is 136 g/mol. The fraction of sp³-hybridized carbons (Fsp3) is 1.00. The van der Waals surface area contributed by atoms with Crippen LogP contribution in [0.1, 0.15) is 25.7 Å². The first-order valence-electron chi connectivity index (χ1n) is 4.83. The van der Waals surface area contributed by atoms with Gasteiger partial charge in [-0.2, -0.15) is 0 Å². The predicted molar refractivity (Wildman–Crippen MR) is 46.6 cm³/mol. The first-order valence-corrected chi connectivity index (χ1v) is 4.83. The summed E-state index contributed by atoms with van der Waals surface area (Å²) >= 11 is 0. The van der Waals surface area contributed by atoms with E-state index in [-0.39, 0.29) is 0 Å². The van der Waals surface area contributed by atoms with E-state index in [9.17, 15) is 0 Å². The average molecular weight is 154 g/mol. The van der Waals surface area contributed by atoms with E-state index in [1.807, 2.05) is 0 Å². The standard InChI is InChI=1S/C9H18N2/c1-2-5-10-6-4-9(3-1)7-11-8-9/h10-11H,1-8H2. The third-order valence-electron chi connectivity index (χ3n) is 3.14. The van der Waals surface area contributed by atoms with Gasteiger partial charge in [-0.25, -0.2) is 0 Å². The molecular formula is C9H18N2. The normalized spacial score (nSPS) is 30.5. The van der Waals surface area contributed by atoms with Crippen LogP contribution in [0.5, 0.6) is 0 Å². The van der Waals surface area contributed by atoms with Crippen LogP contribution in [0.2, 0.25) is 0 Å². The molecule has 0 saturated carbocycles. The van der Waals surface area contributed by atoms with Gasteiger partial charge in [-0.15, -0.1) is 0 Å². The highest BCUT2D eigenvalue weighted by Crippen LogP contribution is 2.33. The highest BCUT2D eigenvalue weighted by molar-refractivity contribution is 4.93. The zero-order valence-corrected chi connectivity index (χ0v) is 7.16. The molecule has 0 radical (unpaired) electrons. The fourth-order valence-electron chi connectivity index (χ4n) is 2.19. The van der Waals surface area contributed by atoms with E-state index in [0.29, 0.717) is 5.41 Å². The summed E-state index contributed by atoms with van der Waals surface area (Å²) in [6.45, 7) is 5.02. The van der Waals surface area contributed by atoms with Crippen LogP contribution in [0.3, 0.4) is 0 Å². The summed E-state index contributed by atoms with van der Waals surface area (Å²) in [4.78, 5) is 0. The van der Waals surface area contributed by atoms with Crippen LogP contribution in [-0.2, 0) is 0 Å². The Kier molecular flexibility index (Phi) is 2.14. The highest BCUT2D eigenvalue weighted by atomic mass is 15.0. The predicted octanol–water partition coefficient (Wildman–Crippen LogP) is 0.740. The maximum atomic E-state index is 3.48. The quantitative estimate of drug-likeness (QED) is 0.538. The van der Waals surface area contributed by atoms with Crippen LogP contribution in [0.4, 0.5) is 0 Å². The van der Waals surface area contributed by atoms with E-state index in [2.05, 4.69) is 10.6 Å². The minimum Gasteiger partial charge on any atom is -0.317 e. The van der Waals surface area contributed by atoms with E-state index < -0.39 is 0 Å². The summed E-state index contributed by atoms with van der Waals surface area (Å²) in [6, 6.07) is 0. The van der Waals surface area contributed by atoms with E-state index >= 15 is 0 Å². The molecule has 1 spiro atoms. The van der Waals surface area contributed by atoms with Crippen molar-refractivity contribution in [3.8, 4) is 0 Å². The molecule has 0 aromatic carbocycles. The van der Waals surface area contributed by atoms with E-state index in [1.54, 1.807) is 0 Å². The van der Waals surface area contributed by atoms with E-state index in [4.69, 9.17) is 0 Å². The minimum absolute atomic E-state index is 0.702. The second-order valence-electron chi connectivity index (χ2n) is 4.06. The number of hydrogen-bond donors (Lipinski definition) is 2. The zero-order valence-electron chi connectivity index (χ0n) is 7.16. The lowest BCUT2D eigenvalue weighted by atomic mass is 9.74. The maximum absolute atomic E-state index is 3.48. The van der Waals surface area contributed by atoms with Gasteiger partial charge in [0.15, 0.2) is 0 Å². The molecule has 11 heavy (non-hydrogen) atoms. The van der Waals surface area contributed by atoms with Crippen molar-refractivity contribution in [2.45, 2.75) is 25.7 Å². The number of nitrogens with one attached hydrogen (secondary N) is 2. The smallest absolute Gasteiger partial charge is 0.00207 e. The van der Waals surface area contributed by atoms with Gasteiger partial charge in [0.25, 0.3) is 0 Å². The molecule has 2 N–H and O–H groups in total. The highest BCUT2D eigenvalue weighted by Gasteiger charge is 2.35. The van der Waals surface area contributed by atoms with Gasteiger partial charge >= 0.3 is 0 Å². The van der Waals surface area contributed by atoms with Gasteiger partial charge < -0.3 is 10.6 Å². The van der Waals surface area contributed by atoms with Gasteiger partial charge in [0.05, 0.1) is 0 Å². The lowest BCUT2D eigenvalue weighted by Crippen LogP contribution is -2.54. The van der Waals surface area contributed by atoms with Gasteiger partial charge in [0.1, 0.15) is 0 Å². The summed E-state index contributed by atoms with van der Waals surface area (Å²) in [5, 5.41) is 6.87. The van der Waals surface area contributed by atoms with Crippen LogP contribution < -0.4 is 10.6 Å². The molecule has 0 aromatic rings. The molecule has 0 unspecified atom stereocenters. The van der Waals surface area contributed by atoms with Gasteiger partial charge in [0, 0.05) is 13.1 Å². The summed E-state index contributed by atoms with van der Waals surface area (Å²) in [6.07, 6.45) is 5.65. The molecule has 0 aliphatic carbocycles. The summed E-state index contributed by atoms with van der Waals surface area (Å²) in [7, 11) is 0. The first-order chi connectivity index (χ1) is 5.41. The Bertz CT molecular complexity index is 120. The van der Waals surface area contributed by atoms with Gasteiger partial charge in [0.2, 0.25) is 0 Å². The molecule has 2 heterocycles. The van der Waals surface area contributed by atoms with Gasteiger partial charge in [-0.1, -0.05) is 6.42 Å². The number of rotatable bonds is 0. The average Bonchev–Trinajstić information content (AvgIpc) is 1.82. The summed E-state index contributed by atoms with van der Waals surface area (Å²) < 4.78 is 0. The molecule has 0 amide bonds. The molecule has 0 aromatic heterocycles. The topological polar surface area (TPSA) is 24.1 Å². The van der Waals surface area contributed by atoms with Crippen molar-refractivity contribution in [3.05, 3.63) is 0 Å². The molecule has 64 valence electrons. The van der Waals surface area contributed by atoms with Gasteiger partial charge in [-0.3, -0.25) is 0 Å². The second-order valence-corrected chi connectivity index (χ2v) is 4.06. The van der Waals surface area contributed by atoms with Gasteiger partial charge in [-0.05, 0) is 37.8 Å². The molecule has 0 bridgehead atoms. The Morgan fingerprint density at radius 2 is 1.73 bits per heavy atom. The minimum atomic E-state index is 0.702. The maximum Gasteiger partial charge on any atom is 0.00207 e. The molecule has 2 aliphatic heterocycles. The Hall–Kier alpha value is -0.0800.